The van der Waals surface area contributed by atoms with E-state index in [1.165, 1.54) is 6.92 Å². The number of methoxy groups -OCH3 is 1. The third kappa shape index (κ3) is 4.40. The summed E-state index contributed by atoms with van der Waals surface area (Å²) in [6, 6.07) is 8.37. The molecule has 2 bridgehead atoms. The molecular weight excluding hydrogens is 751 g/mol. The van der Waals surface area contributed by atoms with Crippen LogP contribution in [0.1, 0.15) is 89.2 Å². The lowest BCUT2D eigenvalue weighted by Gasteiger charge is -2.68. The SMILES string of the molecule is COc1c(C)cc2c(c1O)[C@@H]1[C@@H]3[C@@H]4SC[C@]5(N[C@@H](CO)Cc6c5oc5ccccc65)C(=O)OC[C@@H](c5c6c(c(C)c(OC(C)=O)c54)OCO6)N3[C@@H](C)[C@@H]3CC2(C)N13. The predicted molar refractivity (Wildman–Crippen MR) is 208 cm³/mol. The standard InChI is InChI=1S/C43H45N3O10S/c1-18-11-25-29(34(49)35(18)51-6)32-33-39-31-30(38-37(53-17-54-38)19(2)36(31)55-21(4)48)27(45(33)20(3)26-13-42(25,5)46(26)32)15-52-41(50)43(16-57-39)40-24(12-22(14-47)44-43)23-9-7-8-10-28(23)56-40/h7-11,20,22,26-27,32-33,39,44,47,49H,12-17H2,1-6H3/t20-,22+,26-,27-,32+,33+,39+,42?,43+/m0/s1. The minimum absolute atomic E-state index is 0.00236. The normalized spacial score (nSPS) is 33.2. The van der Waals surface area contributed by atoms with Gasteiger partial charge in [-0.1, -0.05) is 18.2 Å². The predicted octanol–water partition coefficient (Wildman–Crippen LogP) is 5.32. The topological polar surface area (TPSA) is 152 Å². The van der Waals surface area contributed by atoms with Crippen LogP contribution in [0.25, 0.3) is 11.0 Å². The Morgan fingerprint density at radius 3 is 2.67 bits per heavy atom. The number of aliphatic hydroxyl groups is 1. The average molecular weight is 796 g/mol. The second kappa shape index (κ2) is 12.0. The zero-order valence-electron chi connectivity index (χ0n) is 32.6. The Morgan fingerprint density at radius 1 is 1.11 bits per heavy atom. The number of aromatic hydroxyl groups is 1. The van der Waals surface area contributed by atoms with Gasteiger partial charge < -0.3 is 38.3 Å². The van der Waals surface area contributed by atoms with Crippen LogP contribution >= 0.6 is 11.8 Å². The zero-order chi connectivity index (χ0) is 39.4. The molecule has 13 nitrogen and oxygen atoms in total. The van der Waals surface area contributed by atoms with E-state index in [1.54, 1.807) is 18.9 Å². The van der Waals surface area contributed by atoms with Crippen molar-refractivity contribution >= 4 is 34.7 Å². The van der Waals surface area contributed by atoms with Gasteiger partial charge in [-0.2, -0.15) is 0 Å². The van der Waals surface area contributed by atoms with Gasteiger partial charge in [0.1, 0.15) is 23.7 Å². The Morgan fingerprint density at radius 2 is 1.89 bits per heavy atom. The summed E-state index contributed by atoms with van der Waals surface area (Å²) >= 11 is 1.56. The van der Waals surface area contributed by atoms with E-state index >= 15 is 4.79 Å². The summed E-state index contributed by atoms with van der Waals surface area (Å²) in [5, 5.41) is 26.9. The summed E-state index contributed by atoms with van der Waals surface area (Å²) in [6.07, 6.45) is 1.34. The van der Waals surface area contributed by atoms with Crippen LogP contribution in [-0.4, -0.2) is 89.0 Å². The molecular formula is C43H45N3O10S. The summed E-state index contributed by atoms with van der Waals surface area (Å²) in [6.45, 7) is 9.50. The number of carbonyl (C=O) groups is 2. The van der Waals surface area contributed by atoms with Gasteiger partial charge in [0.15, 0.2) is 28.5 Å². The summed E-state index contributed by atoms with van der Waals surface area (Å²) < 4.78 is 37.7. The molecule has 0 radical (unpaired) electrons. The van der Waals surface area contributed by atoms with Crippen molar-refractivity contribution in [3.8, 4) is 28.7 Å². The Labute approximate surface area is 333 Å². The van der Waals surface area contributed by atoms with Gasteiger partial charge >= 0.3 is 11.9 Å². The molecule has 1 spiro atoms. The van der Waals surface area contributed by atoms with Gasteiger partial charge in [-0.15, -0.1) is 11.8 Å². The molecule has 9 atom stereocenters. The van der Waals surface area contributed by atoms with Crippen molar-refractivity contribution < 1.29 is 47.9 Å². The van der Waals surface area contributed by atoms with Crippen molar-refractivity contribution in [3.05, 3.63) is 75.0 Å². The fraction of sp³-hybridized carbons (Fsp3) is 0.488. The van der Waals surface area contributed by atoms with Gasteiger partial charge in [-0.3, -0.25) is 19.9 Å². The molecule has 1 unspecified atom stereocenters. The minimum atomic E-state index is -1.47. The Hall–Kier alpha value is -4.47. The highest BCUT2D eigenvalue weighted by Gasteiger charge is 2.70. The number of carbonyl (C=O) groups excluding carboxylic acids is 2. The molecule has 3 fully saturated rings. The molecule has 14 heteroatoms. The van der Waals surface area contributed by atoms with Gasteiger partial charge in [0.25, 0.3) is 0 Å². The molecule has 3 N–H and O–H groups in total. The molecule has 3 saturated heterocycles. The number of hydrogen-bond donors (Lipinski definition) is 3. The highest BCUT2D eigenvalue weighted by Crippen LogP contribution is 2.71. The van der Waals surface area contributed by atoms with Crippen LogP contribution in [0.15, 0.2) is 34.7 Å². The lowest BCUT2D eigenvalue weighted by molar-refractivity contribution is -0.195. The quantitative estimate of drug-likeness (QED) is 0.181. The first-order valence-electron chi connectivity index (χ1n) is 19.7. The second-order valence-electron chi connectivity index (χ2n) is 16.9. The molecule has 0 amide bonds. The van der Waals surface area contributed by atoms with Gasteiger partial charge in [0.2, 0.25) is 6.79 Å². The summed E-state index contributed by atoms with van der Waals surface area (Å²) in [7, 11) is 1.59. The molecule has 298 valence electrons. The number of furan rings is 1. The number of nitrogens with zero attached hydrogens (tertiary/aromatic N) is 2. The third-order valence-electron chi connectivity index (χ3n) is 14.1. The smallest absolute Gasteiger partial charge is 0.335 e. The Balaban J connectivity index is 1.18. The summed E-state index contributed by atoms with van der Waals surface area (Å²) in [5.74, 6) is 1.74. The first-order chi connectivity index (χ1) is 27.4. The molecule has 3 aromatic carbocycles. The van der Waals surface area contributed by atoms with Gasteiger partial charge in [-0.25, -0.2) is 4.79 Å². The van der Waals surface area contributed by atoms with E-state index in [0.29, 0.717) is 46.3 Å². The van der Waals surface area contributed by atoms with E-state index in [9.17, 15) is 15.0 Å². The van der Waals surface area contributed by atoms with Crippen LogP contribution < -0.4 is 24.3 Å². The first kappa shape index (κ1) is 35.7. The number of phenols is 1. The summed E-state index contributed by atoms with van der Waals surface area (Å²) in [4.78, 5) is 33.1. The van der Waals surface area contributed by atoms with Crippen molar-refractivity contribution in [2.24, 2.45) is 0 Å². The Bertz CT molecular complexity index is 2450. The summed E-state index contributed by atoms with van der Waals surface area (Å²) in [5.41, 5.74) is 4.73. The fourth-order valence-corrected chi connectivity index (χ4v) is 13.5. The molecule has 0 saturated carbocycles. The highest BCUT2D eigenvalue weighted by molar-refractivity contribution is 7.99. The molecule has 8 aliphatic rings. The number of benzene rings is 3. The van der Waals surface area contributed by atoms with Crippen molar-refractivity contribution in [1.82, 2.24) is 15.1 Å². The van der Waals surface area contributed by atoms with E-state index in [2.05, 4.69) is 35.0 Å². The molecule has 1 aromatic heterocycles. The van der Waals surface area contributed by atoms with Crippen LogP contribution in [0.4, 0.5) is 0 Å². The number of fused-ring (bicyclic) bond motifs is 10. The number of nitrogens with one attached hydrogen (secondary N) is 1. The molecule has 57 heavy (non-hydrogen) atoms. The number of thioether (sulfide) groups is 1. The number of esters is 2. The number of rotatable bonds is 3. The average Bonchev–Trinajstić information content (AvgIpc) is 3.88. The van der Waals surface area contributed by atoms with Gasteiger partial charge in [0, 0.05) is 75.6 Å². The molecule has 12 rings (SSSR count). The van der Waals surface area contributed by atoms with E-state index in [-0.39, 0.29) is 61.2 Å². The molecule has 4 aromatic rings. The lowest BCUT2D eigenvalue weighted by Crippen LogP contribution is -2.75. The molecule has 8 aliphatic heterocycles. The van der Waals surface area contributed by atoms with Crippen LogP contribution in [0.3, 0.4) is 0 Å². The number of aryl methyl sites for hydroxylation is 1. The van der Waals surface area contributed by atoms with Gasteiger partial charge in [0.05, 0.1) is 31.1 Å². The van der Waals surface area contributed by atoms with Crippen LogP contribution in [0.5, 0.6) is 28.7 Å². The number of hydrogen-bond acceptors (Lipinski definition) is 14. The fourth-order valence-electron chi connectivity index (χ4n) is 11.9. The van der Waals surface area contributed by atoms with Crippen molar-refractivity contribution in [3.63, 3.8) is 0 Å². The number of phenolic OH excluding ortho intramolecular Hbond substituents is 1. The highest BCUT2D eigenvalue weighted by atomic mass is 32.2. The Kier molecular flexibility index (Phi) is 7.54. The van der Waals surface area contributed by atoms with Crippen molar-refractivity contribution in [1.29, 1.82) is 0 Å². The second-order valence-corrected chi connectivity index (χ2v) is 18.1. The molecule has 9 heterocycles. The van der Waals surface area contributed by atoms with E-state index in [1.807, 2.05) is 38.1 Å². The van der Waals surface area contributed by atoms with Crippen LogP contribution in [0.2, 0.25) is 0 Å². The number of para-hydroxylation sites is 1. The number of ether oxygens (including phenoxy) is 5. The maximum atomic E-state index is 15.0. The monoisotopic (exact) mass is 795 g/mol. The minimum Gasteiger partial charge on any atom is -0.504 e. The van der Waals surface area contributed by atoms with Crippen LogP contribution in [0, 0.1) is 13.8 Å². The van der Waals surface area contributed by atoms with E-state index in [4.69, 9.17) is 28.1 Å². The maximum Gasteiger partial charge on any atom is 0.335 e. The number of piperazine rings is 1. The van der Waals surface area contributed by atoms with E-state index in [0.717, 1.165) is 45.2 Å². The van der Waals surface area contributed by atoms with E-state index < -0.39 is 34.8 Å². The zero-order valence-corrected chi connectivity index (χ0v) is 33.5. The van der Waals surface area contributed by atoms with Crippen LogP contribution in [-0.2, 0) is 31.8 Å². The van der Waals surface area contributed by atoms with Crippen molar-refractivity contribution in [2.45, 2.75) is 100 Å². The number of aliphatic hydroxyl groups excluding tert-OH is 1. The van der Waals surface area contributed by atoms with Gasteiger partial charge in [-0.05, 0) is 63.8 Å². The lowest BCUT2D eigenvalue weighted by atomic mass is 9.70. The van der Waals surface area contributed by atoms with Crippen molar-refractivity contribution in [2.75, 3.05) is 32.9 Å². The third-order valence-corrected chi connectivity index (χ3v) is 15.6. The maximum absolute atomic E-state index is 15.0. The molecule has 0 aliphatic carbocycles. The first-order valence-corrected chi connectivity index (χ1v) is 20.8. The largest absolute Gasteiger partial charge is 0.504 e.